The Labute approximate surface area is 136 Å². The van der Waals surface area contributed by atoms with Crippen molar-refractivity contribution in [3.05, 3.63) is 0 Å². The van der Waals surface area contributed by atoms with Crippen molar-refractivity contribution in [3.63, 3.8) is 0 Å². The molecule has 0 aliphatic heterocycles. The highest BCUT2D eigenvalue weighted by atomic mass is 15.4. The molecule has 0 spiro atoms. The van der Waals surface area contributed by atoms with Crippen molar-refractivity contribution in [2.75, 3.05) is 56.4 Å². The Morgan fingerprint density at radius 1 is 0.591 bits per heavy atom. The van der Waals surface area contributed by atoms with Gasteiger partial charge in [0.05, 0.1) is 12.1 Å². The molecular weight excluding hydrogens is 276 g/mol. The summed E-state index contributed by atoms with van der Waals surface area (Å²) in [6.07, 6.45) is 4.72. The number of hydrogen-bond acceptors (Lipinski definition) is 2. The minimum Gasteiger partial charge on any atom is -0.349 e. The van der Waals surface area contributed by atoms with E-state index in [9.17, 15) is 0 Å². The average molecular weight is 310 g/mol. The first-order valence-corrected chi connectivity index (χ1v) is 8.09. The SMILES string of the molecule is CN(C)C(=N[C@H]1CCCC[C@@H]1N=C(N(C)C)N(C)C)N(C)C. The van der Waals surface area contributed by atoms with Gasteiger partial charge in [0.25, 0.3) is 0 Å². The fraction of sp³-hybridized carbons (Fsp3) is 0.875. The van der Waals surface area contributed by atoms with Gasteiger partial charge in [-0.2, -0.15) is 0 Å². The summed E-state index contributed by atoms with van der Waals surface area (Å²) in [5, 5.41) is 0. The lowest BCUT2D eigenvalue weighted by molar-refractivity contribution is 0.364. The van der Waals surface area contributed by atoms with Crippen molar-refractivity contribution >= 4 is 11.9 Å². The highest BCUT2D eigenvalue weighted by Crippen LogP contribution is 2.25. The number of guanidine groups is 2. The minimum atomic E-state index is 0.267. The molecule has 1 aliphatic carbocycles. The molecule has 0 aromatic rings. The lowest BCUT2D eigenvalue weighted by Gasteiger charge is -2.32. The molecule has 6 nitrogen and oxygen atoms in total. The largest absolute Gasteiger partial charge is 0.349 e. The molecule has 0 heterocycles. The van der Waals surface area contributed by atoms with Gasteiger partial charge in [-0.3, -0.25) is 0 Å². The van der Waals surface area contributed by atoms with Crippen LogP contribution in [0.25, 0.3) is 0 Å². The predicted molar refractivity (Wildman–Crippen MR) is 95.7 cm³/mol. The van der Waals surface area contributed by atoms with Crippen LogP contribution in [0, 0.1) is 0 Å². The molecule has 1 fully saturated rings. The average Bonchev–Trinajstić information content (AvgIpc) is 2.41. The minimum absolute atomic E-state index is 0.267. The van der Waals surface area contributed by atoms with Crippen LogP contribution in [0.15, 0.2) is 9.98 Å². The lowest BCUT2D eigenvalue weighted by atomic mass is 9.91. The van der Waals surface area contributed by atoms with Gasteiger partial charge in [-0.25, -0.2) is 9.98 Å². The first kappa shape index (κ1) is 18.6. The zero-order valence-electron chi connectivity index (χ0n) is 15.7. The van der Waals surface area contributed by atoms with E-state index >= 15 is 0 Å². The van der Waals surface area contributed by atoms with E-state index in [-0.39, 0.29) is 12.1 Å². The fourth-order valence-electron chi connectivity index (χ4n) is 2.95. The summed E-state index contributed by atoms with van der Waals surface area (Å²) in [6.45, 7) is 0. The molecule has 1 saturated carbocycles. The summed E-state index contributed by atoms with van der Waals surface area (Å²) >= 11 is 0. The summed E-state index contributed by atoms with van der Waals surface area (Å²) in [5.41, 5.74) is 0. The third kappa shape index (κ3) is 5.07. The van der Waals surface area contributed by atoms with Gasteiger partial charge in [0, 0.05) is 56.4 Å². The van der Waals surface area contributed by atoms with Gasteiger partial charge in [0.2, 0.25) is 0 Å². The van der Waals surface area contributed by atoms with Gasteiger partial charge in [0.1, 0.15) is 0 Å². The predicted octanol–water partition coefficient (Wildman–Crippen LogP) is 1.26. The van der Waals surface area contributed by atoms with Gasteiger partial charge in [-0.05, 0) is 12.8 Å². The van der Waals surface area contributed by atoms with Crippen LogP contribution in [0.4, 0.5) is 0 Å². The van der Waals surface area contributed by atoms with Crippen molar-refractivity contribution in [2.24, 2.45) is 9.98 Å². The van der Waals surface area contributed by atoms with Gasteiger partial charge in [-0.15, -0.1) is 0 Å². The first-order valence-electron chi connectivity index (χ1n) is 8.09. The van der Waals surface area contributed by atoms with Gasteiger partial charge in [0.15, 0.2) is 11.9 Å². The molecule has 0 unspecified atom stereocenters. The van der Waals surface area contributed by atoms with E-state index in [2.05, 4.69) is 19.6 Å². The van der Waals surface area contributed by atoms with E-state index < -0.39 is 0 Å². The Bertz CT molecular complexity index is 339. The van der Waals surface area contributed by atoms with E-state index in [1.807, 2.05) is 56.4 Å². The van der Waals surface area contributed by atoms with Gasteiger partial charge >= 0.3 is 0 Å². The molecule has 0 N–H and O–H groups in total. The van der Waals surface area contributed by atoms with Gasteiger partial charge < -0.3 is 19.6 Å². The Morgan fingerprint density at radius 3 is 1.09 bits per heavy atom. The van der Waals surface area contributed by atoms with Crippen LogP contribution < -0.4 is 0 Å². The monoisotopic (exact) mass is 310 g/mol. The summed E-state index contributed by atoms with van der Waals surface area (Å²) in [4.78, 5) is 18.3. The van der Waals surface area contributed by atoms with Crippen LogP contribution in [-0.2, 0) is 0 Å². The molecule has 0 aromatic carbocycles. The highest BCUT2D eigenvalue weighted by Gasteiger charge is 2.26. The van der Waals surface area contributed by atoms with E-state index in [1.165, 1.54) is 12.8 Å². The summed E-state index contributed by atoms with van der Waals surface area (Å²) in [6, 6.07) is 0.534. The molecule has 0 amide bonds. The number of hydrogen-bond donors (Lipinski definition) is 0. The number of rotatable bonds is 2. The zero-order valence-corrected chi connectivity index (χ0v) is 15.7. The Morgan fingerprint density at radius 2 is 0.864 bits per heavy atom. The van der Waals surface area contributed by atoms with E-state index in [4.69, 9.17) is 9.98 Å². The van der Waals surface area contributed by atoms with Crippen LogP contribution in [0.1, 0.15) is 25.7 Å². The molecule has 2 atom stereocenters. The second kappa shape index (κ2) is 8.25. The quantitative estimate of drug-likeness (QED) is 0.568. The van der Waals surface area contributed by atoms with Crippen molar-refractivity contribution in [3.8, 4) is 0 Å². The normalized spacial score (nSPS) is 20.9. The zero-order chi connectivity index (χ0) is 16.9. The van der Waals surface area contributed by atoms with Crippen LogP contribution in [-0.4, -0.2) is 100.0 Å². The smallest absolute Gasteiger partial charge is 0.195 e. The van der Waals surface area contributed by atoms with E-state index in [0.717, 1.165) is 24.8 Å². The van der Waals surface area contributed by atoms with Crippen LogP contribution in [0.5, 0.6) is 0 Å². The summed E-state index contributed by atoms with van der Waals surface area (Å²) < 4.78 is 0. The second-order valence-electron chi connectivity index (χ2n) is 6.86. The Kier molecular flexibility index (Phi) is 6.97. The third-order valence-corrected chi connectivity index (χ3v) is 3.86. The number of nitrogens with zero attached hydrogens (tertiary/aromatic N) is 6. The Balaban J connectivity index is 3.05. The molecule has 6 heteroatoms. The van der Waals surface area contributed by atoms with Crippen molar-refractivity contribution in [2.45, 2.75) is 37.8 Å². The standard InChI is InChI=1S/C16H34N6/c1-19(2)15(20(3)4)17-13-11-9-10-12-14(13)18-16(21(5)6)22(7)8/h13-14H,9-12H2,1-8H3/t13-,14-/m0/s1. The Hall–Kier alpha value is -1.46. The molecular formula is C16H34N6. The van der Waals surface area contributed by atoms with E-state index in [0.29, 0.717) is 0 Å². The summed E-state index contributed by atoms with van der Waals surface area (Å²) in [7, 11) is 16.4. The maximum Gasteiger partial charge on any atom is 0.195 e. The van der Waals surface area contributed by atoms with Crippen molar-refractivity contribution in [1.82, 2.24) is 19.6 Å². The van der Waals surface area contributed by atoms with Gasteiger partial charge in [-0.1, -0.05) is 12.8 Å². The molecule has 1 rings (SSSR count). The van der Waals surface area contributed by atoms with Crippen molar-refractivity contribution < 1.29 is 0 Å². The summed E-state index contributed by atoms with van der Waals surface area (Å²) in [5.74, 6) is 2.03. The maximum absolute atomic E-state index is 5.01. The molecule has 0 aromatic heterocycles. The van der Waals surface area contributed by atoms with Crippen molar-refractivity contribution in [1.29, 1.82) is 0 Å². The number of aliphatic imine (C=N–C) groups is 2. The van der Waals surface area contributed by atoms with Crippen LogP contribution in [0.2, 0.25) is 0 Å². The van der Waals surface area contributed by atoms with Crippen LogP contribution in [0.3, 0.4) is 0 Å². The highest BCUT2D eigenvalue weighted by molar-refractivity contribution is 5.80. The maximum atomic E-state index is 5.01. The molecule has 0 saturated heterocycles. The lowest BCUT2D eigenvalue weighted by Crippen LogP contribution is -2.41. The topological polar surface area (TPSA) is 37.7 Å². The molecule has 22 heavy (non-hydrogen) atoms. The molecule has 1 aliphatic rings. The molecule has 0 radical (unpaired) electrons. The van der Waals surface area contributed by atoms with Crippen LogP contribution >= 0.6 is 0 Å². The third-order valence-electron chi connectivity index (χ3n) is 3.86. The first-order chi connectivity index (χ1) is 10.2. The van der Waals surface area contributed by atoms with E-state index in [1.54, 1.807) is 0 Å². The molecule has 0 bridgehead atoms. The fourth-order valence-corrected chi connectivity index (χ4v) is 2.95. The molecule has 128 valence electrons. The second-order valence-corrected chi connectivity index (χ2v) is 6.86.